The van der Waals surface area contributed by atoms with Gasteiger partial charge >= 0.3 is 6.18 Å². The summed E-state index contributed by atoms with van der Waals surface area (Å²) in [7, 11) is 0. The van der Waals surface area contributed by atoms with E-state index >= 15 is 0 Å². The van der Waals surface area contributed by atoms with Crippen molar-refractivity contribution in [2.45, 2.75) is 32.0 Å². The van der Waals surface area contributed by atoms with Gasteiger partial charge in [-0.25, -0.2) is 0 Å². The zero-order chi connectivity index (χ0) is 19.6. The van der Waals surface area contributed by atoms with Crippen molar-refractivity contribution in [1.82, 2.24) is 10.3 Å². The van der Waals surface area contributed by atoms with Gasteiger partial charge in [0, 0.05) is 49.4 Å². The molecule has 1 aromatic carbocycles. The number of rotatable bonds is 5. The summed E-state index contributed by atoms with van der Waals surface area (Å²) in [5, 5.41) is 3.83. The lowest BCUT2D eigenvalue weighted by atomic mass is 9.94. The van der Waals surface area contributed by atoms with E-state index in [0.717, 1.165) is 24.7 Å². The molecule has 2 aromatic rings. The van der Waals surface area contributed by atoms with Crippen LogP contribution in [0.25, 0.3) is 10.9 Å². The van der Waals surface area contributed by atoms with Gasteiger partial charge in [0.2, 0.25) is 5.91 Å². The van der Waals surface area contributed by atoms with Crippen molar-refractivity contribution >= 4 is 22.5 Å². The van der Waals surface area contributed by atoms with E-state index in [-0.39, 0.29) is 23.9 Å². The quantitative estimate of drug-likeness (QED) is 0.837. The van der Waals surface area contributed by atoms with E-state index < -0.39 is 11.7 Å². The number of alkyl halides is 3. The Morgan fingerprint density at radius 1 is 1.33 bits per heavy atom. The lowest BCUT2D eigenvalue weighted by Gasteiger charge is -2.39. The maximum Gasteiger partial charge on any atom is 0.418 e. The van der Waals surface area contributed by atoms with Gasteiger partial charge < -0.3 is 16.0 Å². The molecule has 0 aliphatic carbocycles. The van der Waals surface area contributed by atoms with Crippen molar-refractivity contribution in [1.29, 1.82) is 0 Å². The van der Waals surface area contributed by atoms with Gasteiger partial charge in [-0.2, -0.15) is 13.2 Å². The van der Waals surface area contributed by atoms with Crippen molar-refractivity contribution in [3.05, 3.63) is 36.0 Å². The summed E-state index contributed by atoms with van der Waals surface area (Å²) in [6.07, 6.45) is -1.86. The summed E-state index contributed by atoms with van der Waals surface area (Å²) in [6.45, 7) is 4.01. The van der Waals surface area contributed by atoms with Crippen molar-refractivity contribution in [3.63, 3.8) is 0 Å². The van der Waals surface area contributed by atoms with Crippen LogP contribution >= 0.6 is 0 Å². The molecule has 3 N–H and O–H groups in total. The molecule has 0 radical (unpaired) electrons. The Morgan fingerprint density at radius 2 is 2.11 bits per heavy atom. The first kappa shape index (κ1) is 19.4. The van der Waals surface area contributed by atoms with Gasteiger partial charge in [-0.1, -0.05) is 6.92 Å². The molecule has 146 valence electrons. The number of nitrogens with zero attached hydrogens (tertiary/aromatic N) is 2. The third kappa shape index (κ3) is 4.50. The number of amides is 1. The molecular formula is C19H23F3N4O. The number of hydrogen-bond acceptors (Lipinski definition) is 4. The number of aromatic nitrogens is 1. The molecule has 1 fully saturated rings. The highest BCUT2D eigenvalue weighted by atomic mass is 19.4. The molecule has 1 aliphatic rings. The van der Waals surface area contributed by atoms with E-state index in [1.165, 1.54) is 12.3 Å². The molecule has 27 heavy (non-hydrogen) atoms. The number of halogens is 3. The van der Waals surface area contributed by atoms with Gasteiger partial charge in [-0.3, -0.25) is 9.78 Å². The number of nitrogens with two attached hydrogens (primary N) is 1. The van der Waals surface area contributed by atoms with Crippen LogP contribution in [0.4, 0.5) is 18.9 Å². The molecule has 1 aliphatic heterocycles. The summed E-state index contributed by atoms with van der Waals surface area (Å²) in [5.41, 5.74) is 5.18. The number of fused-ring (bicyclic) bond motifs is 1. The van der Waals surface area contributed by atoms with Crippen LogP contribution in [0.5, 0.6) is 0 Å². The number of pyridine rings is 1. The molecule has 0 unspecified atom stereocenters. The lowest BCUT2D eigenvalue weighted by Crippen LogP contribution is -2.49. The second kappa shape index (κ2) is 7.72. The first-order valence-electron chi connectivity index (χ1n) is 8.97. The zero-order valence-electron chi connectivity index (χ0n) is 15.1. The second-order valence-corrected chi connectivity index (χ2v) is 7.14. The monoisotopic (exact) mass is 380 g/mol. The minimum Gasteiger partial charge on any atom is -0.370 e. The lowest BCUT2D eigenvalue weighted by molar-refractivity contribution is -0.136. The fourth-order valence-corrected chi connectivity index (χ4v) is 3.76. The molecule has 1 saturated heterocycles. The van der Waals surface area contributed by atoms with Crippen LogP contribution in [-0.4, -0.2) is 36.6 Å². The van der Waals surface area contributed by atoms with E-state index in [0.29, 0.717) is 24.4 Å². The number of anilines is 1. The zero-order valence-corrected chi connectivity index (χ0v) is 15.1. The molecule has 0 spiro atoms. The Morgan fingerprint density at radius 3 is 2.81 bits per heavy atom. The minimum atomic E-state index is -4.45. The molecular weight excluding hydrogens is 357 g/mol. The molecule has 1 aromatic heterocycles. The summed E-state index contributed by atoms with van der Waals surface area (Å²) in [4.78, 5) is 17.0. The van der Waals surface area contributed by atoms with E-state index in [4.69, 9.17) is 5.73 Å². The molecule has 5 nitrogen and oxygen atoms in total. The molecule has 8 heteroatoms. The van der Waals surface area contributed by atoms with Crippen LogP contribution in [0.2, 0.25) is 0 Å². The average Bonchev–Trinajstić information content (AvgIpc) is 2.59. The molecule has 3 rings (SSSR count). The third-order valence-corrected chi connectivity index (χ3v) is 4.86. The van der Waals surface area contributed by atoms with Crippen LogP contribution in [0, 0.1) is 5.92 Å². The van der Waals surface area contributed by atoms with Crippen molar-refractivity contribution in [2.75, 3.05) is 24.5 Å². The number of carbonyl (C=O) groups is 1. The number of hydrogen-bond donors (Lipinski definition) is 2. The number of benzene rings is 1. The maximum absolute atomic E-state index is 13.3. The van der Waals surface area contributed by atoms with Gasteiger partial charge in [-0.05, 0) is 36.6 Å². The normalized spacial score (nSPS) is 20.8. The van der Waals surface area contributed by atoms with Crippen LogP contribution in [0.3, 0.4) is 0 Å². The predicted octanol–water partition coefficient (Wildman–Crippen LogP) is 2.93. The van der Waals surface area contributed by atoms with E-state index in [1.54, 1.807) is 12.1 Å². The standard InChI is InChI=1S/C19H23F3N4O/c1-12-9-13(24-8-6-17(23)27)11-26(10-12)16-5-4-15(19(20,21)22)18-14(16)3-2-7-25-18/h2-5,7,12-13,24H,6,8-11H2,1H3,(H2,23,27)/t12-,13+/m0/s1. The van der Waals surface area contributed by atoms with E-state index in [9.17, 15) is 18.0 Å². The van der Waals surface area contributed by atoms with Crippen LogP contribution in [-0.2, 0) is 11.0 Å². The Bertz CT molecular complexity index is 824. The predicted molar refractivity (Wildman–Crippen MR) is 98.3 cm³/mol. The van der Waals surface area contributed by atoms with Crippen LogP contribution in [0.1, 0.15) is 25.3 Å². The maximum atomic E-state index is 13.3. The van der Waals surface area contributed by atoms with Gasteiger partial charge in [0.15, 0.2) is 0 Å². The smallest absolute Gasteiger partial charge is 0.370 e. The largest absolute Gasteiger partial charge is 0.418 e. The Balaban J connectivity index is 1.89. The number of piperidine rings is 1. The fourth-order valence-electron chi connectivity index (χ4n) is 3.76. The Hall–Kier alpha value is -2.35. The minimum absolute atomic E-state index is 0.0287. The van der Waals surface area contributed by atoms with Gasteiger partial charge in [0.1, 0.15) is 0 Å². The van der Waals surface area contributed by atoms with Crippen LogP contribution in [0.15, 0.2) is 30.5 Å². The fraction of sp³-hybridized carbons (Fsp3) is 0.474. The SMILES string of the molecule is C[C@H]1C[C@@H](NCCC(N)=O)CN(c2ccc(C(F)(F)F)c3ncccc23)C1. The van der Waals surface area contributed by atoms with Gasteiger partial charge in [0.25, 0.3) is 0 Å². The van der Waals surface area contributed by atoms with E-state index in [2.05, 4.69) is 22.1 Å². The molecule has 2 heterocycles. The van der Waals surface area contributed by atoms with Gasteiger partial charge in [-0.15, -0.1) is 0 Å². The summed E-state index contributed by atoms with van der Waals surface area (Å²) in [6, 6.07) is 6.12. The van der Waals surface area contributed by atoms with Crippen molar-refractivity contribution in [3.8, 4) is 0 Å². The van der Waals surface area contributed by atoms with Crippen molar-refractivity contribution < 1.29 is 18.0 Å². The average molecular weight is 380 g/mol. The number of carbonyl (C=O) groups excluding carboxylic acids is 1. The van der Waals surface area contributed by atoms with Crippen molar-refractivity contribution in [2.24, 2.45) is 11.7 Å². The number of nitrogens with one attached hydrogen (secondary N) is 1. The highest BCUT2D eigenvalue weighted by molar-refractivity contribution is 5.94. The van der Waals surface area contributed by atoms with Gasteiger partial charge in [0.05, 0.1) is 11.1 Å². The Labute approximate surface area is 155 Å². The van der Waals surface area contributed by atoms with Crippen LogP contribution < -0.4 is 16.0 Å². The highest BCUT2D eigenvalue weighted by Gasteiger charge is 2.34. The Kier molecular flexibility index (Phi) is 5.55. The summed E-state index contributed by atoms with van der Waals surface area (Å²) in [5.74, 6) is 0.00173. The number of primary amides is 1. The molecule has 0 saturated carbocycles. The third-order valence-electron chi connectivity index (χ3n) is 4.86. The topological polar surface area (TPSA) is 71.2 Å². The highest BCUT2D eigenvalue weighted by Crippen LogP contribution is 2.38. The summed E-state index contributed by atoms with van der Waals surface area (Å²) >= 11 is 0. The summed E-state index contributed by atoms with van der Waals surface area (Å²) < 4.78 is 40.0. The molecule has 0 bridgehead atoms. The molecule has 1 amide bonds. The van der Waals surface area contributed by atoms with E-state index in [1.807, 2.05) is 0 Å². The molecule has 2 atom stereocenters. The first-order chi connectivity index (χ1) is 12.8. The first-order valence-corrected chi connectivity index (χ1v) is 8.97. The second-order valence-electron chi connectivity index (χ2n) is 7.14.